The normalized spacial score (nSPS) is 13.5. The third-order valence-corrected chi connectivity index (χ3v) is 6.11. The summed E-state index contributed by atoms with van der Waals surface area (Å²) >= 11 is 0. The molecule has 0 heterocycles. The Morgan fingerprint density at radius 1 is 0.556 bits per heavy atom. The summed E-state index contributed by atoms with van der Waals surface area (Å²) in [5.74, 6) is 0. The summed E-state index contributed by atoms with van der Waals surface area (Å²) in [7, 11) is 8.60. The molecule has 2 heteroatoms. The molecule has 0 fully saturated rings. The standard InChI is InChI=1S/C25H26N2/c1-26(2)24-15-22-20-12-16-8-7-9-17(16)13-23(20)25(27(3)4)14-21(22)18-10-5-6-11-19(18)24/h5-6,10-15H,7-9H2,1-4H3. The average molecular weight is 354 g/mol. The molecule has 5 rings (SSSR count). The smallest absolute Gasteiger partial charge is 0.0447 e. The second kappa shape index (κ2) is 5.88. The molecule has 0 unspecified atom stereocenters. The van der Waals surface area contributed by atoms with Crippen molar-refractivity contribution in [3.63, 3.8) is 0 Å². The van der Waals surface area contributed by atoms with E-state index in [0.717, 1.165) is 0 Å². The van der Waals surface area contributed by atoms with Crippen LogP contribution in [0.2, 0.25) is 0 Å². The van der Waals surface area contributed by atoms with Crippen molar-refractivity contribution in [2.75, 3.05) is 38.0 Å². The second-order valence-corrected chi connectivity index (χ2v) is 8.24. The van der Waals surface area contributed by atoms with Gasteiger partial charge in [-0.2, -0.15) is 0 Å². The van der Waals surface area contributed by atoms with Gasteiger partial charge in [0, 0.05) is 50.3 Å². The highest BCUT2D eigenvalue weighted by molar-refractivity contribution is 6.23. The number of nitrogens with zero attached hydrogens (tertiary/aromatic N) is 2. The Labute approximate surface area is 161 Å². The number of anilines is 2. The summed E-state index contributed by atoms with van der Waals surface area (Å²) in [5.41, 5.74) is 5.69. The van der Waals surface area contributed by atoms with Crippen molar-refractivity contribution < 1.29 is 0 Å². The molecule has 4 aromatic rings. The van der Waals surface area contributed by atoms with Crippen molar-refractivity contribution in [1.29, 1.82) is 0 Å². The van der Waals surface area contributed by atoms with Crippen LogP contribution in [0.1, 0.15) is 17.5 Å². The van der Waals surface area contributed by atoms with E-state index in [1.54, 1.807) is 11.1 Å². The molecule has 0 saturated heterocycles. The van der Waals surface area contributed by atoms with Crippen molar-refractivity contribution in [3.8, 4) is 0 Å². The lowest BCUT2D eigenvalue weighted by molar-refractivity contribution is 0.912. The first kappa shape index (κ1) is 16.4. The fraction of sp³-hybridized carbons (Fsp3) is 0.280. The van der Waals surface area contributed by atoms with Crippen molar-refractivity contribution in [2.24, 2.45) is 0 Å². The zero-order valence-electron chi connectivity index (χ0n) is 16.6. The zero-order valence-corrected chi connectivity index (χ0v) is 16.6. The highest BCUT2D eigenvalue weighted by Crippen LogP contribution is 2.42. The lowest BCUT2D eigenvalue weighted by atomic mass is 9.92. The fourth-order valence-corrected chi connectivity index (χ4v) is 4.77. The molecular formula is C25H26N2. The Hall–Kier alpha value is -2.74. The topological polar surface area (TPSA) is 6.48 Å². The van der Waals surface area contributed by atoms with E-state index in [1.807, 2.05) is 0 Å². The second-order valence-electron chi connectivity index (χ2n) is 8.24. The molecule has 1 aliphatic carbocycles. The third kappa shape index (κ3) is 2.39. The fourth-order valence-electron chi connectivity index (χ4n) is 4.77. The van der Waals surface area contributed by atoms with Crippen LogP contribution in [0.4, 0.5) is 11.4 Å². The summed E-state index contributed by atoms with van der Waals surface area (Å²) in [4.78, 5) is 4.50. The van der Waals surface area contributed by atoms with Gasteiger partial charge in [0.2, 0.25) is 0 Å². The molecule has 1 aliphatic rings. The molecular weight excluding hydrogens is 328 g/mol. The molecule has 0 aromatic heterocycles. The number of fused-ring (bicyclic) bond motifs is 6. The number of aryl methyl sites for hydroxylation is 2. The molecule has 4 aromatic carbocycles. The summed E-state index contributed by atoms with van der Waals surface area (Å²) in [6, 6.07) is 18.5. The SMILES string of the molecule is CN(C)c1cc2c3cc4c(cc3c(N(C)C)cc2c2ccccc12)CCC4. The van der Waals surface area contributed by atoms with E-state index in [2.05, 4.69) is 86.5 Å². The number of hydrogen-bond donors (Lipinski definition) is 0. The summed E-state index contributed by atoms with van der Waals surface area (Å²) < 4.78 is 0. The monoisotopic (exact) mass is 354 g/mol. The van der Waals surface area contributed by atoms with Crippen molar-refractivity contribution in [3.05, 3.63) is 59.7 Å². The first-order valence-corrected chi connectivity index (χ1v) is 9.83. The van der Waals surface area contributed by atoms with E-state index in [1.165, 1.54) is 63.0 Å². The molecule has 2 nitrogen and oxygen atoms in total. The van der Waals surface area contributed by atoms with Crippen LogP contribution in [-0.2, 0) is 12.8 Å². The number of benzene rings is 4. The lowest BCUT2D eigenvalue weighted by Gasteiger charge is -2.22. The predicted molar refractivity (Wildman–Crippen MR) is 120 cm³/mol. The van der Waals surface area contributed by atoms with Gasteiger partial charge in [-0.05, 0) is 70.1 Å². The first-order chi connectivity index (χ1) is 13.0. The van der Waals surface area contributed by atoms with Crippen LogP contribution < -0.4 is 9.80 Å². The van der Waals surface area contributed by atoms with E-state index >= 15 is 0 Å². The molecule has 0 aliphatic heterocycles. The summed E-state index contributed by atoms with van der Waals surface area (Å²) in [6.07, 6.45) is 3.72. The molecule has 0 saturated carbocycles. The first-order valence-electron chi connectivity index (χ1n) is 9.83. The van der Waals surface area contributed by atoms with Gasteiger partial charge in [0.25, 0.3) is 0 Å². The maximum absolute atomic E-state index is 2.47. The minimum absolute atomic E-state index is 1.22. The van der Waals surface area contributed by atoms with Gasteiger partial charge in [0.15, 0.2) is 0 Å². The van der Waals surface area contributed by atoms with Crippen LogP contribution in [0.15, 0.2) is 48.5 Å². The Balaban J connectivity index is 2.03. The largest absolute Gasteiger partial charge is 0.377 e. The van der Waals surface area contributed by atoms with Crippen molar-refractivity contribution >= 4 is 43.7 Å². The van der Waals surface area contributed by atoms with E-state index in [0.29, 0.717) is 0 Å². The average Bonchev–Trinajstić information content (AvgIpc) is 3.12. The van der Waals surface area contributed by atoms with Gasteiger partial charge in [-0.1, -0.05) is 30.3 Å². The predicted octanol–water partition coefficient (Wildman–Crippen LogP) is 5.77. The van der Waals surface area contributed by atoms with Gasteiger partial charge in [-0.25, -0.2) is 0 Å². The molecule has 27 heavy (non-hydrogen) atoms. The van der Waals surface area contributed by atoms with Crippen LogP contribution in [-0.4, -0.2) is 28.2 Å². The molecule has 0 radical (unpaired) electrons. The minimum Gasteiger partial charge on any atom is -0.377 e. The lowest BCUT2D eigenvalue weighted by Crippen LogP contribution is -2.11. The quantitative estimate of drug-likeness (QED) is 0.422. The highest BCUT2D eigenvalue weighted by Gasteiger charge is 2.18. The molecule has 0 N–H and O–H groups in total. The Kier molecular flexibility index (Phi) is 3.58. The van der Waals surface area contributed by atoms with Crippen molar-refractivity contribution in [2.45, 2.75) is 19.3 Å². The molecule has 0 amide bonds. The Bertz CT molecular complexity index is 1200. The van der Waals surface area contributed by atoms with Crippen molar-refractivity contribution in [1.82, 2.24) is 0 Å². The number of rotatable bonds is 2. The minimum atomic E-state index is 1.22. The van der Waals surface area contributed by atoms with E-state index in [4.69, 9.17) is 0 Å². The maximum Gasteiger partial charge on any atom is 0.0447 e. The van der Waals surface area contributed by atoms with Gasteiger partial charge >= 0.3 is 0 Å². The summed E-state index contributed by atoms with van der Waals surface area (Å²) in [5, 5.41) is 8.15. The van der Waals surface area contributed by atoms with E-state index < -0.39 is 0 Å². The zero-order chi connectivity index (χ0) is 18.7. The van der Waals surface area contributed by atoms with Gasteiger partial charge < -0.3 is 9.80 Å². The van der Waals surface area contributed by atoms with E-state index in [9.17, 15) is 0 Å². The van der Waals surface area contributed by atoms with Crippen LogP contribution in [0.25, 0.3) is 32.3 Å². The Morgan fingerprint density at radius 3 is 1.67 bits per heavy atom. The molecule has 136 valence electrons. The maximum atomic E-state index is 2.47. The van der Waals surface area contributed by atoms with Crippen LogP contribution in [0.3, 0.4) is 0 Å². The third-order valence-electron chi connectivity index (χ3n) is 6.11. The molecule has 0 spiro atoms. The van der Waals surface area contributed by atoms with Crippen LogP contribution in [0, 0.1) is 0 Å². The van der Waals surface area contributed by atoms with Gasteiger partial charge in [-0.3, -0.25) is 0 Å². The summed E-state index contributed by atoms with van der Waals surface area (Å²) in [6.45, 7) is 0. The molecule has 0 atom stereocenters. The number of hydrogen-bond acceptors (Lipinski definition) is 2. The van der Waals surface area contributed by atoms with Gasteiger partial charge in [0.1, 0.15) is 0 Å². The van der Waals surface area contributed by atoms with Gasteiger partial charge in [0.05, 0.1) is 0 Å². The van der Waals surface area contributed by atoms with Crippen LogP contribution >= 0.6 is 0 Å². The van der Waals surface area contributed by atoms with Crippen LogP contribution in [0.5, 0.6) is 0 Å². The molecule has 0 bridgehead atoms. The van der Waals surface area contributed by atoms with E-state index in [-0.39, 0.29) is 0 Å². The Morgan fingerprint density at radius 2 is 1.04 bits per heavy atom. The highest BCUT2D eigenvalue weighted by atomic mass is 15.1. The van der Waals surface area contributed by atoms with Gasteiger partial charge in [-0.15, -0.1) is 0 Å².